The van der Waals surface area contributed by atoms with Crippen molar-refractivity contribution in [1.29, 1.82) is 0 Å². The number of halogens is 3. The van der Waals surface area contributed by atoms with Gasteiger partial charge in [0, 0.05) is 13.0 Å². The topological polar surface area (TPSA) is 12.0 Å². The number of nitrogens with one attached hydrogen (secondary N) is 1. The molecule has 0 atom stereocenters. The van der Waals surface area contributed by atoms with E-state index in [0.717, 1.165) is 6.54 Å². The van der Waals surface area contributed by atoms with Gasteiger partial charge in [-0.05, 0) is 56.8 Å². The lowest BCUT2D eigenvalue weighted by Gasteiger charge is -2.12. The first-order chi connectivity index (χ1) is 8.79. The van der Waals surface area contributed by atoms with Crippen molar-refractivity contribution in [2.75, 3.05) is 6.54 Å². The highest BCUT2D eigenvalue weighted by atomic mass is 19.4. The Hall–Kier alpha value is -1.03. The first kappa shape index (κ1) is 16.0. The average molecular weight is 273 g/mol. The summed E-state index contributed by atoms with van der Waals surface area (Å²) in [6.45, 7) is 7.56. The van der Waals surface area contributed by atoms with Gasteiger partial charge in [-0.3, -0.25) is 0 Å². The highest BCUT2D eigenvalue weighted by molar-refractivity contribution is 5.37. The van der Waals surface area contributed by atoms with Gasteiger partial charge in [0.2, 0.25) is 0 Å². The zero-order chi connectivity index (χ0) is 14.5. The van der Waals surface area contributed by atoms with E-state index < -0.39 is 12.6 Å². The van der Waals surface area contributed by atoms with Crippen LogP contribution in [0.4, 0.5) is 13.2 Å². The molecule has 1 rings (SSSR count). The van der Waals surface area contributed by atoms with Gasteiger partial charge in [-0.1, -0.05) is 17.7 Å². The van der Waals surface area contributed by atoms with Crippen LogP contribution in [0.3, 0.4) is 0 Å². The summed E-state index contributed by atoms with van der Waals surface area (Å²) in [4.78, 5) is 0. The molecule has 1 N–H and O–H groups in total. The Morgan fingerprint density at radius 1 is 1.00 bits per heavy atom. The van der Waals surface area contributed by atoms with E-state index in [9.17, 15) is 13.2 Å². The molecule has 0 unspecified atom stereocenters. The molecular formula is C15H22F3N. The summed E-state index contributed by atoms with van der Waals surface area (Å²) >= 11 is 0. The van der Waals surface area contributed by atoms with E-state index in [2.05, 4.69) is 38.2 Å². The second-order valence-electron chi connectivity index (χ2n) is 5.13. The maximum atomic E-state index is 12.0. The van der Waals surface area contributed by atoms with Crippen LogP contribution in [0.25, 0.3) is 0 Å². The fraction of sp³-hybridized carbons (Fsp3) is 0.600. The van der Waals surface area contributed by atoms with Crippen LogP contribution in [0.5, 0.6) is 0 Å². The van der Waals surface area contributed by atoms with Gasteiger partial charge >= 0.3 is 6.18 Å². The SMILES string of the molecule is Cc1cc(C)c(CNCCCCC(F)(F)F)c(C)c1. The highest BCUT2D eigenvalue weighted by Gasteiger charge is 2.25. The summed E-state index contributed by atoms with van der Waals surface area (Å²) in [7, 11) is 0. The molecule has 0 aliphatic rings. The third-order valence-corrected chi connectivity index (χ3v) is 3.21. The molecule has 1 aromatic carbocycles. The maximum absolute atomic E-state index is 12.0. The Balaban J connectivity index is 2.30. The van der Waals surface area contributed by atoms with Gasteiger partial charge in [0.15, 0.2) is 0 Å². The Kier molecular flexibility index (Phi) is 5.85. The highest BCUT2D eigenvalue weighted by Crippen LogP contribution is 2.22. The summed E-state index contributed by atoms with van der Waals surface area (Å²) in [5, 5.41) is 3.22. The van der Waals surface area contributed by atoms with Crippen molar-refractivity contribution in [3.63, 3.8) is 0 Å². The van der Waals surface area contributed by atoms with Crippen molar-refractivity contribution >= 4 is 0 Å². The van der Waals surface area contributed by atoms with Crippen LogP contribution < -0.4 is 5.32 Å². The lowest BCUT2D eigenvalue weighted by molar-refractivity contribution is -0.135. The molecule has 0 saturated heterocycles. The zero-order valence-corrected chi connectivity index (χ0v) is 11.8. The smallest absolute Gasteiger partial charge is 0.313 e. The molecule has 0 bridgehead atoms. The molecule has 1 aromatic rings. The number of rotatable bonds is 6. The van der Waals surface area contributed by atoms with Crippen molar-refractivity contribution in [3.8, 4) is 0 Å². The fourth-order valence-corrected chi connectivity index (χ4v) is 2.28. The minimum Gasteiger partial charge on any atom is -0.313 e. The quantitative estimate of drug-likeness (QED) is 0.756. The van der Waals surface area contributed by atoms with Gasteiger partial charge in [0.25, 0.3) is 0 Å². The predicted molar refractivity (Wildman–Crippen MR) is 72.3 cm³/mol. The standard InChI is InChI=1S/C15H22F3N/c1-11-8-12(2)14(13(3)9-11)10-19-7-5-4-6-15(16,17)18/h8-9,19H,4-7,10H2,1-3H3. The van der Waals surface area contributed by atoms with Crippen LogP contribution in [-0.2, 0) is 6.54 Å². The first-order valence-corrected chi connectivity index (χ1v) is 6.64. The van der Waals surface area contributed by atoms with Crippen LogP contribution in [0.2, 0.25) is 0 Å². The molecule has 0 saturated carbocycles. The molecule has 108 valence electrons. The van der Waals surface area contributed by atoms with Gasteiger partial charge in [-0.15, -0.1) is 0 Å². The number of aryl methyl sites for hydroxylation is 3. The van der Waals surface area contributed by atoms with Gasteiger partial charge < -0.3 is 5.32 Å². The summed E-state index contributed by atoms with van der Waals surface area (Å²) in [6, 6.07) is 4.27. The van der Waals surface area contributed by atoms with Crippen LogP contribution in [0, 0.1) is 20.8 Å². The molecule has 19 heavy (non-hydrogen) atoms. The predicted octanol–water partition coefficient (Wildman–Crippen LogP) is 4.43. The minimum absolute atomic E-state index is 0.197. The van der Waals surface area contributed by atoms with Crippen molar-refractivity contribution < 1.29 is 13.2 Å². The molecule has 1 nitrogen and oxygen atoms in total. The number of hydrogen-bond acceptors (Lipinski definition) is 1. The molecule has 0 aromatic heterocycles. The van der Waals surface area contributed by atoms with Crippen molar-refractivity contribution in [2.24, 2.45) is 0 Å². The van der Waals surface area contributed by atoms with E-state index >= 15 is 0 Å². The monoisotopic (exact) mass is 273 g/mol. The van der Waals surface area contributed by atoms with Crippen LogP contribution in [-0.4, -0.2) is 12.7 Å². The van der Waals surface area contributed by atoms with E-state index in [-0.39, 0.29) is 6.42 Å². The molecular weight excluding hydrogens is 251 g/mol. The number of benzene rings is 1. The molecule has 0 aliphatic heterocycles. The number of hydrogen-bond donors (Lipinski definition) is 1. The fourth-order valence-electron chi connectivity index (χ4n) is 2.28. The molecule has 0 aliphatic carbocycles. The third-order valence-electron chi connectivity index (χ3n) is 3.21. The van der Waals surface area contributed by atoms with Gasteiger partial charge in [0.1, 0.15) is 0 Å². The Labute approximate surface area is 113 Å². The van der Waals surface area contributed by atoms with Crippen molar-refractivity contribution in [1.82, 2.24) is 5.32 Å². The van der Waals surface area contributed by atoms with Gasteiger partial charge in [0.05, 0.1) is 0 Å². The molecule has 4 heteroatoms. The summed E-state index contributed by atoms with van der Waals surface area (Å²) < 4.78 is 35.9. The second kappa shape index (κ2) is 6.94. The molecule has 0 amide bonds. The summed E-state index contributed by atoms with van der Waals surface area (Å²) in [6.07, 6.45) is -3.95. The molecule has 0 fully saturated rings. The van der Waals surface area contributed by atoms with Gasteiger partial charge in [-0.2, -0.15) is 13.2 Å². The van der Waals surface area contributed by atoms with Crippen LogP contribution >= 0.6 is 0 Å². The Morgan fingerprint density at radius 2 is 1.58 bits per heavy atom. The lowest BCUT2D eigenvalue weighted by Crippen LogP contribution is -2.17. The van der Waals surface area contributed by atoms with Crippen molar-refractivity contribution in [3.05, 3.63) is 34.4 Å². The second-order valence-corrected chi connectivity index (χ2v) is 5.13. The van der Waals surface area contributed by atoms with E-state index in [1.54, 1.807) is 0 Å². The first-order valence-electron chi connectivity index (χ1n) is 6.64. The third kappa shape index (κ3) is 6.10. The van der Waals surface area contributed by atoms with E-state index in [1.807, 2.05) is 0 Å². The summed E-state index contributed by atoms with van der Waals surface area (Å²) in [5.74, 6) is 0. The van der Waals surface area contributed by atoms with Crippen molar-refractivity contribution in [2.45, 2.75) is 52.8 Å². The lowest BCUT2D eigenvalue weighted by atomic mass is 10.00. The largest absolute Gasteiger partial charge is 0.389 e. The van der Waals surface area contributed by atoms with E-state index in [0.29, 0.717) is 13.0 Å². The molecule has 0 spiro atoms. The van der Waals surface area contributed by atoms with E-state index in [4.69, 9.17) is 0 Å². The normalized spacial score (nSPS) is 11.9. The molecule has 0 radical (unpaired) electrons. The van der Waals surface area contributed by atoms with Crippen LogP contribution in [0.1, 0.15) is 41.5 Å². The maximum Gasteiger partial charge on any atom is 0.389 e. The zero-order valence-electron chi connectivity index (χ0n) is 11.8. The summed E-state index contributed by atoms with van der Waals surface area (Å²) in [5.41, 5.74) is 4.96. The number of alkyl halides is 3. The Morgan fingerprint density at radius 3 is 2.11 bits per heavy atom. The minimum atomic E-state index is -4.02. The number of unbranched alkanes of at least 4 members (excludes halogenated alkanes) is 1. The Bertz CT molecular complexity index is 387. The van der Waals surface area contributed by atoms with Gasteiger partial charge in [-0.25, -0.2) is 0 Å². The average Bonchev–Trinajstić information content (AvgIpc) is 2.24. The van der Waals surface area contributed by atoms with Crippen LogP contribution in [0.15, 0.2) is 12.1 Å². The molecule has 0 heterocycles. The van der Waals surface area contributed by atoms with E-state index in [1.165, 1.54) is 22.3 Å².